The first kappa shape index (κ1) is 13.5. The van der Waals surface area contributed by atoms with E-state index in [2.05, 4.69) is 10.3 Å². The van der Waals surface area contributed by atoms with E-state index in [1.54, 1.807) is 0 Å². The lowest BCUT2D eigenvalue weighted by atomic mass is 10.2. The maximum absolute atomic E-state index is 13.0. The van der Waals surface area contributed by atoms with E-state index in [9.17, 15) is 22.4 Å². The van der Waals surface area contributed by atoms with Crippen LogP contribution in [0, 0.1) is 5.82 Å². The first-order chi connectivity index (χ1) is 8.84. The summed E-state index contributed by atoms with van der Waals surface area (Å²) >= 11 is 5.48. The van der Waals surface area contributed by atoms with Gasteiger partial charge in [-0.1, -0.05) is 16.8 Å². The summed E-state index contributed by atoms with van der Waals surface area (Å²) in [4.78, 5) is 10.5. The first-order valence-corrected chi connectivity index (χ1v) is 5.16. The Morgan fingerprint density at radius 1 is 1.32 bits per heavy atom. The topological polar surface area (TPSA) is 47.8 Å². The van der Waals surface area contributed by atoms with Gasteiger partial charge in [0.15, 0.2) is 17.7 Å². The monoisotopic (exact) mass is 293 g/mol. The van der Waals surface area contributed by atoms with Gasteiger partial charge in [0.2, 0.25) is 0 Å². The van der Waals surface area contributed by atoms with Crippen molar-refractivity contribution in [1.29, 1.82) is 0 Å². The van der Waals surface area contributed by atoms with E-state index in [0.29, 0.717) is 4.68 Å². The number of aromatic nitrogens is 3. The SMILES string of the molecule is O=Cc1nnn(-c2ccc(F)c(Cl)c2)c1C(F)(F)F. The quantitative estimate of drug-likeness (QED) is 0.632. The molecule has 1 aromatic carbocycles. The minimum atomic E-state index is -4.83. The molecular weight excluding hydrogens is 290 g/mol. The number of aldehydes is 1. The number of halogens is 5. The number of hydrogen-bond acceptors (Lipinski definition) is 3. The molecule has 0 bridgehead atoms. The zero-order chi connectivity index (χ0) is 14.2. The van der Waals surface area contributed by atoms with E-state index in [-0.39, 0.29) is 17.0 Å². The van der Waals surface area contributed by atoms with Gasteiger partial charge in [-0.2, -0.15) is 13.2 Å². The zero-order valence-corrected chi connectivity index (χ0v) is 9.71. The van der Waals surface area contributed by atoms with Crippen molar-refractivity contribution >= 4 is 17.9 Å². The van der Waals surface area contributed by atoms with Crippen LogP contribution in [0.5, 0.6) is 0 Å². The summed E-state index contributed by atoms with van der Waals surface area (Å²) < 4.78 is 51.8. The van der Waals surface area contributed by atoms with Crippen molar-refractivity contribution in [2.24, 2.45) is 0 Å². The van der Waals surface area contributed by atoms with E-state index in [1.807, 2.05) is 0 Å². The Kier molecular flexibility index (Phi) is 3.27. The second-order valence-corrected chi connectivity index (χ2v) is 3.86. The average Bonchev–Trinajstić information content (AvgIpc) is 2.76. The van der Waals surface area contributed by atoms with Crippen molar-refractivity contribution in [3.05, 3.63) is 40.4 Å². The number of hydrogen-bond donors (Lipinski definition) is 0. The lowest BCUT2D eigenvalue weighted by molar-refractivity contribution is -0.143. The molecule has 0 radical (unpaired) electrons. The van der Waals surface area contributed by atoms with Crippen LogP contribution >= 0.6 is 11.6 Å². The van der Waals surface area contributed by atoms with Crippen LogP contribution in [0.1, 0.15) is 16.2 Å². The van der Waals surface area contributed by atoms with Crippen molar-refractivity contribution in [1.82, 2.24) is 15.0 Å². The molecule has 1 heterocycles. The summed E-state index contributed by atoms with van der Waals surface area (Å²) in [6.45, 7) is 0. The van der Waals surface area contributed by atoms with Gasteiger partial charge in [0.25, 0.3) is 0 Å². The molecule has 0 N–H and O–H groups in total. The third kappa shape index (κ3) is 2.43. The standard InChI is InChI=1S/C10H4ClF4N3O/c11-6-3-5(1-2-7(6)12)18-9(10(13,14)15)8(4-19)16-17-18/h1-4H. The number of carbonyl (C=O) groups excluding carboxylic acids is 1. The third-order valence-electron chi connectivity index (χ3n) is 2.22. The lowest BCUT2D eigenvalue weighted by Crippen LogP contribution is -2.15. The summed E-state index contributed by atoms with van der Waals surface area (Å²) in [5.41, 5.74) is -2.35. The molecule has 0 atom stereocenters. The number of nitrogens with zero attached hydrogens (tertiary/aromatic N) is 3. The maximum Gasteiger partial charge on any atom is 0.435 e. The molecule has 4 nitrogen and oxygen atoms in total. The molecule has 0 amide bonds. The number of alkyl halides is 3. The molecule has 19 heavy (non-hydrogen) atoms. The molecule has 0 fully saturated rings. The molecule has 0 unspecified atom stereocenters. The first-order valence-electron chi connectivity index (χ1n) is 4.78. The number of rotatable bonds is 2. The van der Waals surface area contributed by atoms with Crippen LogP contribution in [0.15, 0.2) is 18.2 Å². The predicted octanol–water partition coefficient (Wildman–Crippen LogP) is 2.89. The lowest BCUT2D eigenvalue weighted by Gasteiger charge is -2.10. The molecule has 2 aromatic rings. The summed E-state index contributed by atoms with van der Waals surface area (Å²) in [6.07, 6.45) is -4.89. The molecule has 0 aliphatic heterocycles. The van der Waals surface area contributed by atoms with Crippen LogP contribution in [0.4, 0.5) is 17.6 Å². The van der Waals surface area contributed by atoms with Gasteiger partial charge in [-0.25, -0.2) is 9.07 Å². The van der Waals surface area contributed by atoms with Gasteiger partial charge in [0.05, 0.1) is 10.7 Å². The largest absolute Gasteiger partial charge is 0.435 e. The summed E-state index contributed by atoms with van der Waals surface area (Å²) in [6, 6.07) is 2.88. The van der Waals surface area contributed by atoms with Crippen molar-refractivity contribution in [2.45, 2.75) is 6.18 Å². The highest BCUT2D eigenvalue weighted by Gasteiger charge is 2.39. The third-order valence-corrected chi connectivity index (χ3v) is 2.51. The van der Waals surface area contributed by atoms with Crippen LogP contribution in [0.2, 0.25) is 5.02 Å². The van der Waals surface area contributed by atoms with Gasteiger partial charge < -0.3 is 0 Å². The minimum Gasteiger partial charge on any atom is -0.296 e. The van der Waals surface area contributed by atoms with E-state index >= 15 is 0 Å². The van der Waals surface area contributed by atoms with Crippen molar-refractivity contribution in [2.75, 3.05) is 0 Å². The summed E-state index contributed by atoms with van der Waals surface area (Å²) in [7, 11) is 0. The highest BCUT2D eigenvalue weighted by Crippen LogP contribution is 2.32. The van der Waals surface area contributed by atoms with Gasteiger partial charge in [-0.05, 0) is 18.2 Å². The Balaban J connectivity index is 2.65. The van der Waals surface area contributed by atoms with Gasteiger partial charge >= 0.3 is 6.18 Å². The van der Waals surface area contributed by atoms with Crippen LogP contribution in [0.3, 0.4) is 0 Å². The molecule has 0 aliphatic rings. The Bertz CT molecular complexity index is 638. The van der Waals surface area contributed by atoms with Gasteiger partial charge in [-0.3, -0.25) is 4.79 Å². The second-order valence-electron chi connectivity index (χ2n) is 3.45. The smallest absolute Gasteiger partial charge is 0.296 e. The zero-order valence-electron chi connectivity index (χ0n) is 8.95. The molecular formula is C10H4ClF4N3O. The average molecular weight is 294 g/mol. The molecule has 0 aliphatic carbocycles. The normalized spacial score (nSPS) is 11.6. The van der Waals surface area contributed by atoms with Crippen molar-refractivity contribution in [3.63, 3.8) is 0 Å². The van der Waals surface area contributed by atoms with E-state index in [1.165, 1.54) is 0 Å². The minimum absolute atomic E-state index is 0.0581. The Hall–Kier alpha value is -1.96. The van der Waals surface area contributed by atoms with E-state index in [4.69, 9.17) is 11.6 Å². The van der Waals surface area contributed by atoms with Crippen LogP contribution in [0.25, 0.3) is 5.69 Å². The number of carbonyl (C=O) groups is 1. The fourth-order valence-corrected chi connectivity index (χ4v) is 1.61. The van der Waals surface area contributed by atoms with Gasteiger partial charge in [0.1, 0.15) is 5.82 Å². The molecule has 9 heteroatoms. The molecule has 1 aromatic heterocycles. The Labute approximate surface area is 108 Å². The Morgan fingerprint density at radius 3 is 2.53 bits per heavy atom. The molecule has 100 valence electrons. The highest BCUT2D eigenvalue weighted by molar-refractivity contribution is 6.30. The van der Waals surface area contributed by atoms with Crippen molar-refractivity contribution in [3.8, 4) is 5.69 Å². The van der Waals surface area contributed by atoms with E-state index < -0.39 is 23.4 Å². The van der Waals surface area contributed by atoms with Crippen LogP contribution in [-0.2, 0) is 6.18 Å². The van der Waals surface area contributed by atoms with Crippen molar-refractivity contribution < 1.29 is 22.4 Å². The highest BCUT2D eigenvalue weighted by atomic mass is 35.5. The van der Waals surface area contributed by atoms with Gasteiger partial charge in [0, 0.05) is 0 Å². The van der Waals surface area contributed by atoms with Crippen LogP contribution < -0.4 is 0 Å². The Morgan fingerprint density at radius 2 is 2.00 bits per heavy atom. The summed E-state index contributed by atoms with van der Waals surface area (Å²) in [5.74, 6) is -0.783. The van der Waals surface area contributed by atoms with Gasteiger partial charge in [-0.15, -0.1) is 5.10 Å². The number of benzene rings is 1. The van der Waals surface area contributed by atoms with E-state index in [0.717, 1.165) is 18.2 Å². The molecule has 0 spiro atoms. The maximum atomic E-state index is 13.0. The molecule has 0 saturated carbocycles. The molecule has 0 saturated heterocycles. The molecule has 2 rings (SSSR count). The summed E-state index contributed by atoms with van der Waals surface area (Å²) in [5, 5.41) is 5.98. The fraction of sp³-hybridized carbons (Fsp3) is 0.100. The van der Waals surface area contributed by atoms with Crippen LogP contribution in [-0.4, -0.2) is 21.3 Å². The predicted molar refractivity (Wildman–Crippen MR) is 56.7 cm³/mol. The second kappa shape index (κ2) is 4.61. The fourth-order valence-electron chi connectivity index (χ4n) is 1.44.